The first-order valence-electron chi connectivity index (χ1n) is 7.41. The molecule has 0 saturated carbocycles. The molecule has 112 valence electrons. The second-order valence-corrected chi connectivity index (χ2v) is 6.44. The summed E-state index contributed by atoms with van der Waals surface area (Å²) in [6.45, 7) is 8.37. The molecule has 1 fully saturated rings. The van der Waals surface area contributed by atoms with E-state index < -0.39 is 0 Å². The first kappa shape index (κ1) is 15.8. The first-order chi connectivity index (χ1) is 9.54. The molecule has 3 atom stereocenters. The van der Waals surface area contributed by atoms with Crippen molar-refractivity contribution in [1.82, 2.24) is 5.32 Å². The zero-order valence-electron chi connectivity index (χ0n) is 12.8. The van der Waals surface area contributed by atoms with Crippen molar-refractivity contribution in [3.8, 4) is 0 Å². The molecule has 1 aromatic carbocycles. The maximum absolute atomic E-state index is 5.71. The Kier molecular flexibility index (Phi) is 5.47. The largest absolute Gasteiger partial charge is 0.376 e. The number of nitrogens with zero attached hydrogens (tertiary/aromatic N) is 1. The minimum Gasteiger partial charge on any atom is -0.376 e. The van der Waals surface area contributed by atoms with Gasteiger partial charge < -0.3 is 15.0 Å². The molecule has 3 nitrogen and oxygen atoms in total. The van der Waals surface area contributed by atoms with Crippen molar-refractivity contribution < 1.29 is 4.74 Å². The molecule has 3 unspecified atom stereocenters. The Bertz CT molecular complexity index is 452. The summed E-state index contributed by atoms with van der Waals surface area (Å²) in [7, 11) is 2.18. The molecular weight excluding hydrogens is 316 g/mol. The van der Waals surface area contributed by atoms with Crippen LogP contribution in [0.5, 0.6) is 0 Å². The van der Waals surface area contributed by atoms with Crippen LogP contribution in [-0.2, 0) is 4.74 Å². The van der Waals surface area contributed by atoms with Crippen molar-refractivity contribution in [3.05, 3.63) is 28.2 Å². The van der Waals surface area contributed by atoms with Gasteiger partial charge in [0, 0.05) is 29.9 Å². The molecule has 1 aliphatic heterocycles. The molecule has 1 N–H and O–H groups in total. The number of ether oxygens (including phenoxy) is 1. The number of rotatable bonds is 5. The van der Waals surface area contributed by atoms with Crippen LogP contribution in [0.3, 0.4) is 0 Å². The predicted octanol–water partition coefficient (Wildman–Crippen LogP) is 3.73. The summed E-state index contributed by atoms with van der Waals surface area (Å²) in [5.41, 5.74) is 2.63. The summed E-state index contributed by atoms with van der Waals surface area (Å²) in [6.07, 6.45) is 1.40. The summed E-state index contributed by atoms with van der Waals surface area (Å²) in [6, 6.07) is 7.35. The van der Waals surface area contributed by atoms with Gasteiger partial charge >= 0.3 is 0 Å². The molecule has 0 spiro atoms. The second kappa shape index (κ2) is 6.92. The monoisotopic (exact) mass is 340 g/mol. The van der Waals surface area contributed by atoms with Gasteiger partial charge in [0.1, 0.15) is 0 Å². The molecule has 2 rings (SSSR count). The summed E-state index contributed by atoms with van der Waals surface area (Å²) in [5.74, 6) is 0. The van der Waals surface area contributed by atoms with Gasteiger partial charge in [0.15, 0.2) is 0 Å². The average molecular weight is 341 g/mol. The van der Waals surface area contributed by atoms with E-state index in [-0.39, 0.29) is 0 Å². The van der Waals surface area contributed by atoms with Crippen molar-refractivity contribution in [2.45, 2.75) is 45.4 Å². The van der Waals surface area contributed by atoms with Crippen LogP contribution in [0.25, 0.3) is 0 Å². The van der Waals surface area contributed by atoms with Crippen molar-refractivity contribution in [1.29, 1.82) is 0 Å². The Morgan fingerprint density at radius 2 is 2.25 bits per heavy atom. The third-order valence-corrected chi connectivity index (χ3v) is 4.67. The lowest BCUT2D eigenvalue weighted by Crippen LogP contribution is -2.37. The number of anilines is 1. The van der Waals surface area contributed by atoms with Gasteiger partial charge in [0.25, 0.3) is 0 Å². The summed E-state index contributed by atoms with van der Waals surface area (Å²) in [4.78, 5) is 2.38. The second-order valence-electron chi connectivity index (χ2n) is 5.53. The molecule has 0 aromatic heterocycles. The normalized spacial score (nSPS) is 23.9. The lowest BCUT2D eigenvalue weighted by atomic mass is 10.0. The van der Waals surface area contributed by atoms with E-state index >= 15 is 0 Å². The molecule has 0 amide bonds. The van der Waals surface area contributed by atoms with Crippen LogP contribution >= 0.6 is 15.9 Å². The number of hydrogen-bond donors (Lipinski definition) is 1. The third-order valence-electron chi connectivity index (χ3n) is 4.18. The van der Waals surface area contributed by atoms with Gasteiger partial charge in [-0.25, -0.2) is 0 Å². The van der Waals surface area contributed by atoms with Gasteiger partial charge in [-0.1, -0.05) is 22.9 Å². The average Bonchev–Trinajstić information content (AvgIpc) is 2.84. The number of nitrogens with one attached hydrogen (secondary N) is 1. The van der Waals surface area contributed by atoms with E-state index in [4.69, 9.17) is 4.74 Å². The quantitative estimate of drug-likeness (QED) is 0.883. The SMILES string of the molecule is CCNC(C)c1cc(Br)ccc1N(C)C1CCOC1C. The van der Waals surface area contributed by atoms with Crippen molar-refractivity contribution >= 4 is 21.6 Å². The summed E-state index contributed by atoms with van der Waals surface area (Å²) < 4.78 is 6.84. The lowest BCUT2D eigenvalue weighted by molar-refractivity contribution is 0.118. The fraction of sp³-hybridized carbons (Fsp3) is 0.625. The molecule has 1 aromatic rings. The zero-order chi connectivity index (χ0) is 14.7. The van der Waals surface area contributed by atoms with E-state index in [1.54, 1.807) is 0 Å². The standard InChI is InChI=1S/C16H25BrN2O/c1-5-18-11(2)14-10-13(17)6-7-16(14)19(4)15-8-9-20-12(15)3/h6-7,10-12,15,18H,5,8-9H2,1-4H3. The lowest BCUT2D eigenvalue weighted by Gasteiger charge is -2.32. The molecule has 4 heteroatoms. The van der Waals surface area contributed by atoms with Crippen LogP contribution in [0.4, 0.5) is 5.69 Å². The Morgan fingerprint density at radius 3 is 2.85 bits per heavy atom. The number of benzene rings is 1. The van der Waals surface area contributed by atoms with Crippen LogP contribution in [0, 0.1) is 0 Å². The van der Waals surface area contributed by atoms with Crippen molar-refractivity contribution in [3.63, 3.8) is 0 Å². The topological polar surface area (TPSA) is 24.5 Å². The molecular formula is C16H25BrN2O. The fourth-order valence-electron chi connectivity index (χ4n) is 3.02. The van der Waals surface area contributed by atoms with Gasteiger partial charge in [-0.15, -0.1) is 0 Å². The van der Waals surface area contributed by atoms with Crippen molar-refractivity contribution in [2.24, 2.45) is 0 Å². The molecule has 1 saturated heterocycles. The highest BCUT2D eigenvalue weighted by atomic mass is 79.9. The molecule has 0 bridgehead atoms. The van der Waals surface area contributed by atoms with E-state index in [9.17, 15) is 0 Å². The van der Waals surface area contributed by atoms with E-state index in [1.165, 1.54) is 11.3 Å². The van der Waals surface area contributed by atoms with E-state index in [1.807, 2.05) is 0 Å². The zero-order valence-corrected chi connectivity index (χ0v) is 14.4. The predicted molar refractivity (Wildman–Crippen MR) is 88.5 cm³/mol. The highest BCUT2D eigenvalue weighted by molar-refractivity contribution is 9.10. The Hall–Kier alpha value is -0.580. The third kappa shape index (κ3) is 3.35. The molecule has 0 radical (unpaired) electrons. The van der Waals surface area contributed by atoms with Crippen LogP contribution < -0.4 is 10.2 Å². The Morgan fingerprint density at radius 1 is 1.50 bits per heavy atom. The highest BCUT2D eigenvalue weighted by Crippen LogP contribution is 2.32. The molecule has 20 heavy (non-hydrogen) atoms. The van der Waals surface area contributed by atoms with E-state index in [0.717, 1.165) is 24.0 Å². The maximum Gasteiger partial charge on any atom is 0.0750 e. The Balaban J connectivity index is 2.30. The van der Waals surface area contributed by atoms with Gasteiger partial charge in [-0.3, -0.25) is 0 Å². The number of likely N-dealkylation sites (N-methyl/N-ethyl adjacent to an activating group) is 1. The highest BCUT2D eigenvalue weighted by Gasteiger charge is 2.29. The van der Waals surface area contributed by atoms with Gasteiger partial charge in [-0.05, 0) is 50.6 Å². The van der Waals surface area contributed by atoms with E-state index in [0.29, 0.717) is 18.2 Å². The minimum atomic E-state index is 0.297. The van der Waals surface area contributed by atoms with E-state index in [2.05, 4.69) is 72.2 Å². The maximum atomic E-state index is 5.71. The van der Waals surface area contributed by atoms with Crippen LogP contribution in [0.15, 0.2) is 22.7 Å². The van der Waals surface area contributed by atoms with Gasteiger partial charge in [0.05, 0.1) is 12.1 Å². The minimum absolute atomic E-state index is 0.297. The smallest absolute Gasteiger partial charge is 0.0750 e. The summed E-state index contributed by atoms with van der Waals surface area (Å²) in [5, 5.41) is 3.51. The fourth-order valence-corrected chi connectivity index (χ4v) is 3.40. The number of halogens is 1. The van der Waals surface area contributed by atoms with Crippen LogP contribution in [0.1, 0.15) is 38.8 Å². The molecule has 0 aliphatic carbocycles. The molecule has 1 aliphatic rings. The Labute approximate surface area is 130 Å². The van der Waals surface area contributed by atoms with Crippen LogP contribution in [0.2, 0.25) is 0 Å². The van der Waals surface area contributed by atoms with Crippen LogP contribution in [-0.4, -0.2) is 32.3 Å². The van der Waals surface area contributed by atoms with Gasteiger partial charge in [0.2, 0.25) is 0 Å². The van der Waals surface area contributed by atoms with Gasteiger partial charge in [-0.2, -0.15) is 0 Å². The summed E-state index contributed by atoms with van der Waals surface area (Å²) >= 11 is 3.59. The first-order valence-corrected chi connectivity index (χ1v) is 8.21. The number of hydrogen-bond acceptors (Lipinski definition) is 3. The van der Waals surface area contributed by atoms with Crippen molar-refractivity contribution in [2.75, 3.05) is 25.1 Å². The molecule has 1 heterocycles.